The lowest BCUT2D eigenvalue weighted by Gasteiger charge is -2.18. The van der Waals surface area contributed by atoms with Crippen LogP contribution in [0.15, 0.2) is 24.3 Å². The summed E-state index contributed by atoms with van der Waals surface area (Å²) in [5, 5.41) is 3.75. The van der Waals surface area contributed by atoms with Crippen molar-refractivity contribution in [3.8, 4) is 0 Å². The number of halogens is 1. The predicted octanol–water partition coefficient (Wildman–Crippen LogP) is 2.23. The van der Waals surface area contributed by atoms with Crippen LogP contribution >= 0.6 is 11.6 Å². The first-order chi connectivity index (χ1) is 8.53. The van der Waals surface area contributed by atoms with Crippen molar-refractivity contribution in [1.82, 2.24) is 5.32 Å². The molecule has 18 heavy (non-hydrogen) atoms. The molecule has 1 saturated carbocycles. The second-order valence-corrected chi connectivity index (χ2v) is 5.63. The minimum Gasteiger partial charge on any atom is -0.355 e. The number of hydrogen-bond acceptors (Lipinski definition) is 2. The van der Waals surface area contributed by atoms with Gasteiger partial charge in [0, 0.05) is 29.4 Å². The van der Waals surface area contributed by atoms with Gasteiger partial charge in [-0.1, -0.05) is 29.8 Å². The van der Waals surface area contributed by atoms with Crippen molar-refractivity contribution in [2.75, 3.05) is 6.54 Å². The van der Waals surface area contributed by atoms with E-state index in [1.807, 2.05) is 31.2 Å². The standard InChI is InChI=1S/C14H19ClN2O/c1-10(16)8-13(18)17-9-14(6-7-14)11-4-2-3-5-12(11)15/h2-5,10H,6-9,16H2,1H3,(H,17,18). The maximum atomic E-state index is 11.6. The van der Waals surface area contributed by atoms with E-state index in [1.54, 1.807) is 0 Å². The molecule has 1 unspecified atom stereocenters. The highest BCUT2D eigenvalue weighted by atomic mass is 35.5. The summed E-state index contributed by atoms with van der Waals surface area (Å²) < 4.78 is 0. The first-order valence-electron chi connectivity index (χ1n) is 6.31. The van der Waals surface area contributed by atoms with Gasteiger partial charge < -0.3 is 11.1 Å². The molecule has 1 amide bonds. The van der Waals surface area contributed by atoms with Gasteiger partial charge in [0.25, 0.3) is 0 Å². The monoisotopic (exact) mass is 266 g/mol. The highest BCUT2D eigenvalue weighted by Crippen LogP contribution is 2.49. The highest BCUT2D eigenvalue weighted by Gasteiger charge is 2.45. The van der Waals surface area contributed by atoms with Gasteiger partial charge in [0.15, 0.2) is 0 Å². The fourth-order valence-corrected chi connectivity index (χ4v) is 2.55. The van der Waals surface area contributed by atoms with Crippen LogP contribution in [0.5, 0.6) is 0 Å². The van der Waals surface area contributed by atoms with Gasteiger partial charge in [-0.2, -0.15) is 0 Å². The summed E-state index contributed by atoms with van der Waals surface area (Å²) >= 11 is 6.22. The Labute approximate surface area is 113 Å². The lowest BCUT2D eigenvalue weighted by Crippen LogP contribution is -2.35. The van der Waals surface area contributed by atoms with Crippen LogP contribution in [0.4, 0.5) is 0 Å². The Kier molecular flexibility index (Phi) is 3.93. The summed E-state index contributed by atoms with van der Waals surface area (Å²) in [5.41, 5.74) is 6.80. The van der Waals surface area contributed by atoms with E-state index in [4.69, 9.17) is 17.3 Å². The quantitative estimate of drug-likeness (QED) is 0.859. The third-order valence-electron chi connectivity index (χ3n) is 3.43. The van der Waals surface area contributed by atoms with E-state index >= 15 is 0 Å². The molecule has 0 aromatic heterocycles. The van der Waals surface area contributed by atoms with Crippen LogP contribution in [-0.2, 0) is 10.2 Å². The van der Waals surface area contributed by atoms with Crippen LogP contribution < -0.4 is 11.1 Å². The first kappa shape index (κ1) is 13.4. The van der Waals surface area contributed by atoms with Crippen molar-refractivity contribution in [2.24, 2.45) is 5.73 Å². The number of benzene rings is 1. The Balaban J connectivity index is 1.97. The lowest BCUT2D eigenvalue weighted by atomic mass is 9.96. The number of nitrogens with one attached hydrogen (secondary N) is 1. The zero-order valence-corrected chi connectivity index (χ0v) is 11.3. The van der Waals surface area contributed by atoms with Crippen molar-refractivity contribution in [1.29, 1.82) is 0 Å². The molecule has 1 atom stereocenters. The van der Waals surface area contributed by atoms with Crippen LogP contribution in [0.25, 0.3) is 0 Å². The van der Waals surface area contributed by atoms with Gasteiger partial charge in [-0.15, -0.1) is 0 Å². The molecule has 1 aromatic rings. The largest absolute Gasteiger partial charge is 0.355 e. The molecule has 1 aliphatic rings. The smallest absolute Gasteiger partial charge is 0.221 e. The lowest BCUT2D eigenvalue weighted by molar-refractivity contribution is -0.121. The summed E-state index contributed by atoms with van der Waals surface area (Å²) in [7, 11) is 0. The predicted molar refractivity (Wildman–Crippen MR) is 73.6 cm³/mol. The summed E-state index contributed by atoms with van der Waals surface area (Å²) in [4.78, 5) is 11.6. The van der Waals surface area contributed by atoms with Gasteiger partial charge in [-0.25, -0.2) is 0 Å². The van der Waals surface area contributed by atoms with Crippen LogP contribution in [0.2, 0.25) is 5.02 Å². The van der Waals surface area contributed by atoms with Gasteiger partial charge in [0.05, 0.1) is 0 Å². The third-order valence-corrected chi connectivity index (χ3v) is 3.76. The molecule has 3 N–H and O–H groups in total. The molecule has 0 heterocycles. The van der Waals surface area contributed by atoms with Crippen LogP contribution in [-0.4, -0.2) is 18.5 Å². The highest BCUT2D eigenvalue weighted by molar-refractivity contribution is 6.31. The van der Waals surface area contributed by atoms with Gasteiger partial charge >= 0.3 is 0 Å². The fourth-order valence-electron chi connectivity index (χ4n) is 2.22. The van der Waals surface area contributed by atoms with Gasteiger partial charge in [0.1, 0.15) is 0 Å². The van der Waals surface area contributed by atoms with Crippen LogP contribution in [0, 0.1) is 0 Å². The number of amides is 1. The molecule has 4 heteroatoms. The minimum atomic E-state index is -0.0968. The minimum absolute atomic E-state index is 0.0170. The SMILES string of the molecule is CC(N)CC(=O)NCC1(c2ccccc2Cl)CC1. The Morgan fingerprint density at radius 1 is 1.50 bits per heavy atom. The van der Waals surface area contributed by atoms with Crippen molar-refractivity contribution >= 4 is 17.5 Å². The van der Waals surface area contributed by atoms with Crippen molar-refractivity contribution < 1.29 is 4.79 Å². The molecule has 0 bridgehead atoms. The van der Waals surface area contributed by atoms with Crippen molar-refractivity contribution in [2.45, 2.75) is 37.6 Å². The van der Waals surface area contributed by atoms with Crippen LogP contribution in [0.1, 0.15) is 31.7 Å². The Morgan fingerprint density at radius 3 is 2.72 bits per heavy atom. The molecule has 1 fully saturated rings. The summed E-state index contributed by atoms with van der Waals surface area (Å²) in [6, 6.07) is 7.77. The number of carbonyl (C=O) groups is 1. The summed E-state index contributed by atoms with van der Waals surface area (Å²) in [5.74, 6) is 0.0170. The van der Waals surface area contributed by atoms with Gasteiger partial charge in [-0.05, 0) is 31.4 Å². The molecule has 3 nitrogen and oxygen atoms in total. The molecule has 0 radical (unpaired) electrons. The normalized spacial score (nSPS) is 18.2. The maximum absolute atomic E-state index is 11.6. The van der Waals surface area contributed by atoms with E-state index < -0.39 is 0 Å². The number of nitrogens with two attached hydrogens (primary N) is 1. The van der Waals surface area contributed by atoms with Crippen molar-refractivity contribution in [3.63, 3.8) is 0 Å². The molecule has 1 aliphatic carbocycles. The number of hydrogen-bond donors (Lipinski definition) is 2. The molecule has 1 aromatic carbocycles. The Hall–Kier alpha value is -1.06. The second-order valence-electron chi connectivity index (χ2n) is 5.22. The average Bonchev–Trinajstić information content (AvgIpc) is 3.07. The molecule has 2 rings (SSSR count). The average molecular weight is 267 g/mol. The molecule has 0 aliphatic heterocycles. The van der Waals surface area contributed by atoms with E-state index in [0.717, 1.165) is 23.4 Å². The molecule has 98 valence electrons. The molecular weight excluding hydrogens is 248 g/mol. The maximum Gasteiger partial charge on any atom is 0.221 e. The third kappa shape index (κ3) is 3.03. The van der Waals surface area contributed by atoms with Crippen LogP contribution in [0.3, 0.4) is 0 Å². The Morgan fingerprint density at radius 2 is 2.17 bits per heavy atom. The van der Waals surface area contributed by atoms with Gasteiger partial charge in [-0.3, -0.25) is 4.79 Å². The zero-order valence-electron chi connectivity index (χ0n) is 10.6. The fraction of sp³-hybridized carbons (Fsp3) is 0.500. The van der Waals surface area contributed by atoms with Crippen molar-refractivity contribution in [3.05, 3.63) is 34.9 Å². The zero-order chi connectivity index (χ0) is 13.2. The number of carbonyl (C=O) groups excluding carboxylic acids is 1. The van der Waals surface area contributed by atoms with E-state index in [-0.39, 0.29) is 17.4 Å². The second kappa shape index (κ2) is 5.29. The molecular formula is C14H19ClN2O. The van der Waals surface area contributed by atoms with E-state index in [9.17, 15) is 4.79 Å². The number of rotatable bonds is 5. The van der Waals surface area contributed by atoms with E-state index in [0.29, 0.717) is 13.0 Å². The van der Waals surface area contributed by atoms with E-state index in [2.05, 4.69) is 5.32 Å². The van der Waals surface area contributed by atoms with E-state index in [1.165, 1.54) is 0 Å². The Bertz CT molecular complexity index is 441. The first-order valence-corrected chi connectivity index (χ1v) is 6.69. The molecule has 0 spiro atoms. The summed E-state index contributed by atoms with van der Waals surface area (Å²) in [6.45, 7) is 2.49. The van der Waals surface area contributed by atoms with Gasteiger partial charge in [0.2, 0.25) is 5.91 Å². The topological polar surface area (TPSA) is 55.1 Å². The molecule has 0 saturated heterocycles. The summed E-state index contributed by atoms with van der Waals surface area (Å²) in [6.07, 6.45) is 2.53.